The Bertz CT molecular complexity index is 435. The third-order valence-electron chi connectivity index (χ3n) is 6.89. The first-order valence-electron chi connectivity index (χ1n) is 8.23. The molecule has 0 aliphatic heterocycles. The fourth-order valence-electron chi connectivity index (χ4n) is 5.70. The average Bonchev–Trinajstić information content (AvgIpc) is 2.75. The molecule has 0 heterocycles. The number of fused-ring (bicyclic) bond motifs is 5. The van der Waals surface area contributed by atoms with E-state index >= 15 is 0 Å². The minimum absolute atomic E-state index is 0.0562. The molecule has 2 fully saturated rings. The topological polar surface area (TPSA) is 20.2 Å². The van der Waals surface area contributed by atoms with Crippen LogP contribution >= 0.6 is 0 Å². The summed E-state index contributed by atoms with van der Waals surface area (Å²) >= 11 is 0. The number of allylic oxidation sites excluding steroid dienone is 4. The van der Waals surface area contributed by atoms with Gasteiger partial charge in [0.15, 0.2) is 0 Å². The lowest BCUT2D eigenvalue weighted by atomic mass is 9.55. The molecule has 4 rings (SSSR count). The maximum absolute atomic E-state index is 10.4. The van der Waals surface area contributed by atoms with E-state index in [1.807, 2.05) is 0 Å². The SMILES string of the molecule is C[C@]12CC=C3[C@H]4CC=CCC4CC[C@H]3[C@@H]1CC[C@@H]2O. The zero-order valence-electron chi connectivity index (χ0n) is 12.0. The fraction of sp³-hybridized carbons (Fsp3) is 0.778. The van der Waals surface area contributed by atoms with Crippen LogP contribution in [0.4, 0.5) is 0 Å². The number of rotatable bonds is 0. The summed E-state index contributed by atoms with van der Waals surface area (Å²) in [6, 6.07) is 0. The van der Waals surface area contributed by atoms with Gasteiger partial charge in [-0.1, -0.05) is 30.7 Å². The molecule has 1 N–H and O–H groups in total. The van der Waals surface area contributed by atoms with Crippen molar-refractivity contribution in [2.24, 2.45) is 29.1 Å². The molecule has 0 saturated heterocycles. The number of hydrogen-bond donors (Lipinski definition) is 1. The average molecular weight is 258 g/mol. The van der Waals surface area contributed by atoms with Gasteiger partial charge in [-0.2, -0.15) is 0 Å². The molecule has 4 aliphatic carbocycles. The highest BCUT2D eigenvalue weighted by Crippen LogP contribution is 2.59. The summed E-state index contributed by atoms with van der Waals surface area (Å²) in [6.45, 7) is 2.34. The van der Waals surface area contributed by atoms with Gasteiger partial charge in [0.25, 0.3) is 0 Å². The molecule has 0 spiro atoms. The van der Waals surface area contributed by atoms with Gasteiger partial charge in [-0.3, -0.25) is 0 Å². The van der Waals surface area contributed by atoms with Gasteiger partial charge in [0.2, 0.25) is 0 Å². The van der Waals surface area contributed by atoms with Gasteiger partial charge in [-0.25, -0.2) is 0 Å². The fourth-order valence-corrected chi connectivity index (χ4v) is 5.70. The van der Waals surface area contributed by atoms with E-state index in [0.717, 1.165) is 36.5 Å². The van der Waals surface area contributed by atoms with Crippen LogP contribution < -0.4 is 0 Å². The van der Waals surface area contributed by atoms with Crippen LogP contribution in [-0.4, -0.2) is 11.2 Å². The second-order valence-electron chi connectivity index (χ2n) is 7.61. The summed E-state index contributed by atoms with van der Waals surface area (Å²) < 4.78 is 0. The van der Waals surface area contributed by atoms with Crippen LogP contribution in [-0.2, 0) is 0 Å². The molecule has 2 saturated carbocycles. The molecular weight excluding hydrogens is 232 g/mol. The van der Waals surface area contributed by atoms with Crippen molar-refractivity contribution in [1.82, 2.24) is 0 Å². The Kier molecular flexibility index (Phi) is 2.71. The van der Waals surface area contributed by atoms with Gasteiger partial charge in [-0.05, 0) is 68.6 Å². The second-order valence-corrected chi connectivity index (χ2v) is 7.61. The molecule has 0 aromatic rings. The summed E-state index contributed by atoms with van der Waals surface area (Å²) in [5, 5.41) is 10.4. The lowest BCUT2D eigenvalue weighted by Crippen LogP contribution is -2.43. The van der Waals surface area contributed by atoms with E-state index in [-0.39, 0.29) is 11.5 Å². The molecule has 0 aromatic carbocycles. The summed E-state index contributed by atoms with van der Waals surface area (Å²) in [7, 11) is 0. The van der Waals surface area contributed by atoms with Gasteiger partial charge >= 0.3 is 0 Å². The van der Waals surface area contributed by atoms with Crippen LogP contribution in [0.1, 0.15) is 51.9 Å². The standard InChI is InChI=1S/C18H26O/c1-18-11-10-14-13-5-3-2-4-12(13)6-7-15(14)16(18)8-9-17(18)19/h2-3,10,12-13,15-17,19H,4-9,11H2,1H3/t12?,13-,15+,16-,17-,18-/m0/s1. The third kappa shape index (κ3) is 1.63. The molecule has 104 valence electrons. The number of hydrogen-bond acceptors (Lipinski definition) is 1. The zero-order chi connectivity index (χ0) is 13.0. The van der Waals surface area contributed by atoms with Crippen molar-refractivity contribution in [2.45, 2.75) is 58.0 Å². The molecule has 0 amide bonds. The maximum atomic E-state index is 10.4. The molecule has 4 aliphatic rings. The Morgan fingerprint density at radius 1 is 1.05 bits per heavy atom. The van der Waals surface area contributed by atoms with Crippen molar-refractivity contribution in [3.8, 4) is 0 Å². The van der Waals surface area contributed by atoms with Crippen LogP contribution in [0.3, 0.4) is 0 Å². The van der Waals surface area contributed by atoms with Gasteiger partial charge in [0, 0.05) is 5.41 Å². The summed E-state index contributed by atoms with van der Waals surface area (Å²) in [5.74, 6) is 3.31. The van der Waals surface area contributed by atoms with Crippen molar-refractivity contribution >= 4 is 0 Å². The van der Waals surface area contributed by atoms with Gasteiger partial charge in [0.1, 0.15) is 0 Å². The maximum Gasteiger partial charge on any atom is 0.0599 e. The monoisotopic (exact) mass is 258 g/mol. The van der Waals surface area contributed by atoms with Crippen molar-refractivity contribution in [3.05, 3.63) is 23.8 Å². The number of aliphatic hydroxyl groups excluding tert-OH is 1. The molecule has 1 heteroatoms. The zero-order valence-corrected chi connectivity index (χ0v) is 12.0. The minimum Gasteiger partial charge on any atom is -0.393 e. The van der Waals surface area contributed by atoms with Gasteiger partial charge < -0.3 is 5.11 Å². The molecule has 0 aromatic heterocycles. The highest BCUT2D eigenvalue weighted by Gasteiger charge is 2.53. The van der Waals surface area contributed by atoms with Crippen molar-refractivity contribution in [3.63, 3.8) is 0 Å². The molecule has 0 radical (unpaired) electrons. The second kappa shape index (κ2) is 4.22. The van der Waals surface area contributed by atoms with Crippen LogP contribution in [0, 0.1) is 29.1 Å². The van der Waals surface area contributed by atoms with Crippen molar-refractivity contribution in [2.75, 3.05) is 0 Å². The highest BCUT2D eigenvalue weighted by molar-refractivity contribution is 5.26. The van der Waals surface area contributed by atoms with E-state index < -0.39 is 0 Å². The lowest BCUT2D eigenvalue weighted by Gasteiger charge is -2.50. The summed E-state index contributed by atoms with van der Waals surface area (Å²) in [6.07, 6.45) is 16.1. The number of aliphatic hydroxyl groups is 1. The van der Waals surface area contributed by atoms with Crippen LogP contribution in [0.25, 0.3) is 0 Å². The van der Waals surface area contributed by atoms with E-state index in [0.29, 0.717) is 0 Å². The lowest BCUT2D eigenvalue weighted by molar-refractivity contribution is 0.0107. The largest absolute Gasteiger partial charge is 0.393 e. The van der Waals surface area contributed by atoms with Crippen molar-refractivity contribution < 1.29 is 5.11 Å². The molecule has 1 unspecified atom stereocenters. The summed E-state index contributed by atoms with van der Waals surface area (Å²) in [5.41, 5.74) is 1.98. The van der Waals surface area contributed by atoms with Crippen molar-refractivity contribution in [1.29, 1.82) is 0 Å². The van der Waals surface area contributed by atoms with E-state index in [9.17, 15) is 5.11 Å². The molecule has 6 atom stereocenters. The molecular formula is C18H26O. The predicted molar refractivity (Wildman–Crippen MR) is 77.6 cm³/mol. The highest BCUT2D eigenvalue weighted by atomic mass is 16.3. The quantitative estimate of drug-likeness (QED) is 0.649. The Morgan fingerprint density at radius 3 is 2.79 bits per heavy atom. The van der Waals surface area contributed by atoms with E-state index in [4.69, 9.17) is 0 Å². The van der Waals surface area contributed by atoms with E-state index in [1.165, 1.54) is 32.1 Å². The third-order valence-corrected chi connectivity index (χ3v) is 6.89. The van der Waals surface area contributed by atoms with Crippen LogP contribution in [0.15, 0.2) is 23.8 Å². The van der Waals surface area contributed by atoms with Gasteiger partial charge in [0.05, 0.1) is 6.10 Å². The Hall–Kier alpha value is -0.560. The first kappa shape index (κ1) is 12.2. The molecule has 0 bridgehead atoms. The van der Waals surface area contributed by atoms with Crippen LogP contribution in [0.2, 0.25) is 0 Å². The smallest absolute Gasteiger partial charge is 0.0599 e. The Morgan fingerprint density at radius 2 is 1.89 bits per heavy atom. The first-order valence-corrected chi connectivity index (χ1v) is 8.23. The predicted octanol–water partition coefficient (Wildman–Crippen LogP) is 4.09. The Labute approximate surface area is 116 Å². The van der Waals surface area contributed by atoms with E-state index in [2.05, 4.69) is 25.2 Å². The molecule has 19 heavy (non-hydrogen) atoms. The normalized spacial score (nSPS) is 52.1. The molecule has 1 nitrogen and oxygen atoms in total. The van der Waals surface area contributed by atoms with E-state index in [1.54, 1.807) is 5.57 Å². The van der Waals surface area contributed by atoms with Crippen LogP contribution in [0.5, 0.6) is 0 Å². The Balaban J connectivity index is 1.68. The first-order chi connectivity index (χ1) is 9.20. The summed E-state index contributed by atoms with van der Waals surface area (Å²) in [4.78, 5) is 0. The minimum atomic E-state index is -0.0562. The van der Waals surface area contributed by atoms with Gasteiger partial charge in [-0.15, -0.1) is 0 Å².